The predicted molar refractivity (Wildman–Crippen MR) is 115 cm³/mol. The van der Waals surface area contributed by atoms with Crippen LogP contribution < -0.4 is 14.8 Å². The van der Waals surface area contributed by atoms with Gasteiger partial charge in [-0.3, -0.25) is 9.59 Å². The second kappa shape index (κ2) is 10.7. The highest BCUT2D eigenvalue weighted by atomic mass is 19.3. The number of carbonyl (C=O) groups is 2. The summed E-state index contributed by atoms with van der Waals surface area (Å²) in [7, 11) is 1.30. The maximum absolute atomic E-state index is 13.2. The highest BCUT2D eigenvalue weighted by Gasteiger charge is 2.25. The van der Waals surface area contributed by atoms with Gasteiger partial charge in [-0.25, -0.2) is 0 Å². The molecule has 0 saturated heterocycles. The van der Waals surface area contributed by atoms with Crippen LogP contribution in [0.4, 0.5) is 14.5 Å². The van der Waals surface area contributed by atoms with Crippen molar-refractivity contribution < 1.29 is 27.8 Å². The molecule has 0 aliphatic heterocycles. The molecule has 168 valence electrons. The van der Waals surface area contributed by atoms with Gasteiger partial charge in [-0.15, -0.1) is 0 Å². The number of amides is 2. The summed E-state index contributed by atoms with van der Waals surface area (Å²) in [5.74, 6) is -0.897. The zero-order valence-corrected chi connectivity index (χ0v) is 18.4. The van der Waals surface area contributed by atoms with Crippen LogP contribution >= 0.6 is 0 Å². The third-order valence-electron chi connectivity index (χ3n) is 5.20. The van der Waals surface area contributed by atoms with Crippen LogP contribution in [0.1, 0.15) is 41.8 Å². The molecule has 0 aliphatic rings. The number of ether oxygens (including phenoxy) is 2. The van der Waals surface area contributed by atoms with Crippen molar-refractivity contribution in [3.05, 3.63) is 53.1 Å². The van der Waals surface area contributed by atoms with Crippen LogP contribution in [-0.4, -0.2) is 43.0 Å². The van der Waals surface area contributed by atoms with Crippen molar-refractivity contribution >= 4 is 17.5 Å². The van der Waals surface area contributed by atoms with Crippen molar-refractivity contribution in [2.45, 2.75) is 46.8 Å². The minimum atomic E-state index is -3.01. The molecule has 1 atom stereocenters. The van der Waals surface area contributed by atoms with Crippen LogP contribution in [0.15, 0.2) is 36.4 Å². The second-order valence-corrected chi connectivity index (χ2v) is 7.23. The molecule has 0 saturated carbocycles. The van der Waals surface area contributed by atoms with Crippen molar-refractivity contribution in [1.82, 2.24) is 4.90 Å². The number of nitrogens with zero attached hydrogens (tertiary/aromatic N) is 1. The summed E-state index contributed by atoms with van der Waals surface area (Å²) in [6.45, 7) is 4.45. The van der Waals surface area contributed by atoms with Crippen LogP contribution in [0.3, 0.4) is 0 Å². The molecule has 0 fully saturated rings. The molecule has 1 N–H and O–H groups in total. The van der Waals surface area contributed by atoms with Crippen LogP contribution in [0.25, 0.3) is 0 Å². The Balaban J connectivity index is 2.24. The smallest absolute Gasteiger partial charge is 0.387 e. The van der Waals surface area contributed by atoms with E-state index in [0.29, 0.717) is 12.1 Å². The molecule has 1 unspecified atom stereocenters. The maximum Gasteiger partial charge on any atom is 0.387 e. The van der Waals surface area contributed by atoms with Crippen molar-refractivity contribution in [3.8, 4) is 11.5 Å². The zero-order valence-electron chi connectivity index (χ0n) is 18.4. The maximum atomic E-state index is 13.2. The molecular weight excluding hydrogens is 406 g/mol. The summed E-state index contributed by atoms with van der Waals surface area (Å²) in [4.78, 5) is 27.3. The van der Waals surface area contributed by atoms with E-state index in [9.17, 15) is 18.4 Å². The van der Waals surface area contributed by atoms with E-state index >= 15 is 0 Å². The quantitative estimate of drug-likeness (QED) is 0.616. The highest BCUT2D eigenvalue weighted by molar-refractivity contribution is 6.00. The average Bonchev–Trinajstić information content (AvgIpc) is 2.74. The Labute approximate surface area is 181 Å². The molecule has 31 heavy (non-hydrogen) atoms. The normalized spacial score (nSPS) is 11.7. The van der Waals surface area contributed by atoms with E-state index < -0.39 is 12.5 Å². The van der Waals surface area contributed by atoms with E-state index in [0.717, 1.165) is 11.1 Å². The summed E-state index contributed by atoms with van der Waals surface area (Å²) in [5, 5.41) is 2.86. The number of halogens is 2. The molecule has 2 amide bonds. The van der Waals surface area contributed by atoms with Crippen LogP contribution in [0, 0.1) is 13.8 Å². The third-order valence-corrected chi connectivity index (χ3v) is 5.20. The van der Waals surface area contributed by atoms with Crippen LogP contribution in [-0.2, 0) is 4.79 Å². The second-order valence-electron chi connectivity index (χ2n) is 7.23. The van der Waals surface area contributed by atoms with E-state index in [4.69, 9.17) is 4.74 Å². The zero-order chi connectivity index (χ0) is 23.1. The lowest BCUT2D eigenvalue weighted by molar-refractivity contribution is -0.117. The molecule has 2 aromatic carbocycles. The number of alkyl halides is 2. The fourth-order valence-electron chi connectivity index (χ4n) is 3.04. The van der Waals surface area contributed by atoms with Gasteiger partial charge in [-0.1, -0.05) is 19.1 Å². The molecule has 0 radical (unpaired) electrons. The van der Waals surface area contributed by atoms with Gasteiger partial charge in [0.05, 0.1) is 7.11 Å². The molecule has 6 nitrogen and oxygen atoms in total. The Bertz CT molecular complexity index is 934. The van der Waals surface area contributed by atoms with Gasteiger partial charge in [0.25, 0.3) is 5.91 Å². The van der Waals surface area contributed by atoms with E-state index in [1.807, 2.05) is 45.9 Å². The number of nitrogens with one attached hydrogen (secondary N) is 1. The van der Waals surface area contributed by atoms with Gasteiger partial charge >= 0.3 is 6.61 Å². The van der Waals surface area contributed by atoms with E-state index in [-0.39, 0.29) is 35.6 Å². The van der Waals surface area contributed by atoms with E-state index in [1.54, 1.807) is 0 Å². The van der Waals surface area contributed by atoms with Gasteiger partial charge in [0.15, 0.2) is 11.5 Å². The first-order valence-corrected chi connectivity index (χ1v) is 9.97. The third kappa shape index (κ3) is 6.16. The number of hydrogen-bond donors (Lipinski definition) is 1. The van der Waals surface area contributed by atoms with Gasteiger partial charge in [0.2, 0.25) is 5.91 Å². The number of methoxy groups -OCH3 is 1. The number of anilines is 1. The minimum absolute atomic E-state index is 0.00934. The Hall–Kier alpha value is -3.16. The summed E-state index contributed by atoms with van der Waals surface area (Å²) >= 11 is 0. The molecule has 0 heterocycles. The van der Waals surface area contributed by atoms with Crippen molar-refractivity contribution in [2.24, 2.45) is 0 Å². The molecule has 2 aromatic rings. The van der Waals surface area contributed by atoms with Gasteiger partial charge < -0.3 is 19.7 Å². The number of benzene rings is 2. The fraction of sp³-hybridized carbons (Fsp3) is 0.391. The number of rotatable bonds is 9. The lowest BCUT2D eigenvalue weighted by atomic mass is 10.1. The van der Waals surface area contributed by atoms with E-state index in [2.05, 4.69) is 10.1 Å². The molecule has 0 spiro atoms. The van der Waals surface area contributed by atoms with Crippen LogP contribution in [0.2, 0.25) is 0 Å². The van der Waals surface area contributed by atoms with Gasteiger partial charge in [-0.2, -0.15) is 8.78 Å². The molecule has 0 bridgehead atoms. The monoisotopic (exact) mass is 434 g/mol. The Morgan fingerprint density at radius 3 is 2.45 bits per heavy atom. The summed E-state index contributed by atoms with van der Waals surface area (Å²) < 4.78 is 34.6. The number of aryl methyl sites for hydroxylation is 1. The van der Waals surface area contributed by atoms with Crippen molar-refractivity contribution in [3.63, 3.8) is 0 Å². The molecule has 0 aliphatic carbocycles. The largest absolute Gasteiger partial charge is 0.493 e. The number of hydrogen-bond acceptors (Lipinski definition) is 4. The van der Waals surface area contributed by atoms with Crippen LogP contribution in [0.5, 0.6) is 11.5 Å². The Morgan fingerprint density at radius 1 is 1.13 bits per heavy atom. The highest BCUT2D eigenvalue weighted by Crippen LogP contribution is 2.30. The summed E-state index contributed by atoms with van der Waals surface area (Å²) in [6.07, 6.45) is 0.631. The molecule has 8 heteroatoms. The lowest BCUT2D eigenvalue weighted by Crippen LogP contribution is -2.43. The van der Waals surface area contributed by atoms with Crippen molar-refractivity contribution in [2.75, 3.05) is 19.0 Å². The van der Waals surface area contributed by atoms with Gasteiger partial charge in [-0.05, 0) is 62.6 Å². The lowest BCUT2D eigenvalue weighted by Gasteiger charge is -2.28. The topological polar surface area (TPSA) is 67.9 Å². The number of carbonyl (C=O) groups excluding carboxylic acids is 2. The van der Waals surface area contributed by atoms with Gasteiger partial charge in [0, 0.05) is 17.3 Å². The van der Waals surface area contributed by atoms with E-state index in [1.165, 1.54) is 30.2 Å². The summed E-state index contributed by atoms with van der Waals surface area (Å²) in [5.41, 5.74) is 2.90. The molecular formula is C23H28F2N2O4. The SMILES string of the molecule is CCC(C)N(CC(=O)Nc1cccc(C)c1C)C(=O)c1ccc(OC(F)F)c(OC)c1. The van der Waals surface area contributed by atoms with Gasteiger partial charge in [0.1, 0.15) is 6.54 Å². The summed E-state index contributed by atoms with van der Waals surface area (Å²) in [6, 6.07) is 9.35. The average molecular weight is 434 g/mol. The first-order chi connectivity index (χ1) is 14.7. The fourth-order valence-corrected chi connectivity index (χ4v) is 3.04. The first-order valence-electron chi connectivity index (χ1n) is 9.97. The molecule has 2 rings (SSSR count). The first kappa shape index (κ1) is 24.1. The minimum Gasteiger partial charge on any atom is -0.493 e. The molecule has 0 aromatic heterocycles. The predicted octanol–water partition coefficient (Wildman–Crippen LogP) is 4.79. The van der Waals surface area contributed by atoms with Crippen molar-refractivity contribution in [1.29, 1.82) is 0 Å². The Morgan fingerprint density at radius 2 is 1.84 bits per heavy atom. The Kier molecular flexibility index (Phi) is 8.36. The standard InChI is InChI=1S/C23H28F2N2O4/c1-6-15(3)27(13-21(28)26-18-9-7-8-14(2)16(18)4)22(29)17-10-11-19(31-23(24)25)20(12-17)30-5/h7-12,15,23H,6,13H2,1-5H3,(H,26,28).